The van der Waals surface area contributed by atoms with Crippen molar-refractivity contribution in [3.05, 3.63) is 170 Å². The maximum absolute atomic E-state index is 6.74. The Morgan fingerprint density at radius 2 is 0.755 bits per heavy atom. The molecule has 0 N–H and O–H groups in total. The van der Waals surface area contributed by atoms with Gasteiger partial charge in [-0.3, -0.25) is 0 Å². The summed E-state index contributed by atoms with van der Waals surface area (Å²) in [4.78, 5) is 10.4. The Balaban J connectivity index is 1.18. The predicted octanol–water partition coefficient (Wildman–Crippen LogP) is 13.8. The summed E-state index contributed by atoms with van der Waals surface area (Å²) >= 11 is 0. The quantitative estimate of drug-likeness (QED) is 0.172. The molecule has 244 valence electrons. The SMILES string of the molecule is c1ccc(-c2nc3ccccc3nc2-c2ccc3c(c2)c2ccccc2c2c3ccc3oc4cc5c6ccccc6c6ccccc6c5cc4c32)cc1. The van der Waals surface area contributed by atoms with E-state index < -0.39 is 0 Å². The third kappa shape index (κ3) is 4.05. The molecule has 0 saturated heterocycles. The molecular weight excluding hydrogens is 645 g/mol. The number of para-hydroxylation sites is 2. The van der Waals surface area contributed by atoms with Crippen molar-refractivity contribution in [2.45, 2.75) is 0 Å². The molecule has 0 radical (unpaired) electrons. The first-order valence-electron chi connectivity index (χ1n) is 18.1. The third-order valence-electron chi connectivity index (χ3n) is 11.2. The van der Waals surface area contributed by atoms with Crippen LogP contribution in [0.1, 0.15) is 0 Å². The summed E-state index contributed by atoms with van der Waals surface area (Å²) in [6, 6.07) is 60.6. The molecule has 0 fully saturated rings. The monoisotopic (exact) mass is 672 g/mol. The van der Waals surface area contributed by atoms with Gasteiger partial charge in [0.2, 0.25) is 0 Å². The van der Waals surface area contributed by atoms with E-state index in [2.05, 4.69) is 140 Å². The Morgan fingerprint density at radius 1 is 0.283 bits per heavy atom. The van der Waals surface area contributed by atoms with Crippen molar-refractivity contribution in [1.82, 2.24) is 9.97 Å². The standard InChI is InChI=1S/C50H28N2O/c1-2-12-29(13-3-1)49-50(52-44-21-11-10-20-43(44)51-49)30-22-23-36-38-24-25-45-48(47(38)37-19-9-8-18-35(37)39(36)26-30)42-27-40-33-16-6-4-14-31(33)32-15-5-7-17-34(32)41(40)28-46(42)53-45/h1-28H. The van der Waals surface area contributed by atoms with Crippen molar-refractivity contribution >= 4 is 97.6 Å². The molecule has 0 aliphatic rings. The van der Waals surface area contributed by atoms with E-state index in [9.17, 15) is 0 Å². The highest BCUT2D eigenvalue weighted by Crippen LogP contribution is 2.46. The molecule has 3 nitrogen and oxygen atoms in total. The Kier molecular flexibility index (Phi) is 5.77. The van der Waals surface area contributed by atoms with Gasteiger partial charge in [-0.25, -0.2) is 9.97 Å². The molecule has 0 spiro atoms. The van der Waals surface area contributed by atoms with Crippen LogP contribution in [0.2, 0.25) is 0 Å². The molecule has 10 aromatic carbocycles. The average molecular weight is 673 g/mol. The normalized spacial score (nSPS) is 12.2. The number of hydrogen-bond donors (Lipinski definition) is 0. The summed E-state index contributed by atoms with van der Waals surface area (Å²) in [5.41, 5.74) is 7.42. The summed E-state index contributed by atoms with van der Waals surface area (Å²) in [6.45, 7) is 0. The number of hydrogen-bond acceptors (Lipinski definition) is 3. The van der Waals surface area contributed by atoms with Crippen LogP contribution in [0, 0.1) is 0 Å². The summed E-state index contributed by atoms with van der Waals surface area (Å²) < 4.78 is 6.74. The van der Waals surface area contributed by atoms with Crippen molar-refractivity contribution in [3.63, 3.8) is 0 Å². The van der Waals surface area contributed by atoms with Crippen molar-refractivity contribution in [1.29, 1.82) is 0 Å². The highest BCUT2D eigenvalue weighted by atomic mass is 16.3. The van der Waals surface area contributed by atoms with Gasteiger partial charge in [0, 0.05) is 27.3 Å². The van der Waals surface area contributed by atoms with Crippen molar-refractivity contribution < 1.29 is 4.42 Å². The van der Waals surface area contributed by atoms with E-state index in [1.54, 1.807) is 0 Å². The summed E-state index contributed by atoms with van der Waals surface area (Å²) in [6.07, 6.45) is 0. The lowest BCUT2D eigenvalue weighted by molar-refractivity contribution is 0.670. The minimum absolute atomic E-state index is 0.879. The van der Waals surface area contributed by atoms with Gasteiger partial charge in [-0.1, -0.05) is 127 Å². The Labute approximate surface area is 303 Å². The van der Waals surface area contributed by atoms with Crippen LogP contribution in [0.25, 0.3) is 120 Å². The van der Waals surface area contributed by atoms with Gasteiger partial charge in [-0.15, -0.1) is 0 Å². The van der Waals surface area contributed by atoms with Crippen LogP contribution in [0.3, 0.4) is 0 Å². The van der Waals surface area contributed by atoms with Gasteiger partial charge in [0.15, 0.2) is 0 Å². The first-order valence-corrected chi connectivity index (χ1v) is 18.1. The number of nitrogens with zero attached hydrogens (tertiary/aromatic N) is 2. The lowest BCUT2D eigenvalue weighted by Crippen LogP contribution is -1.95. The van der Waals surface area contributed by atoms with Crippen molar-refractivity contribution in [2.24, 2.45) is 0 Å². The highest BCUT2D eigenvalue weighted by Gasteiger charge is 2.20. The maximum Gasteiger partial charge on any atom is 0.136 e. The molecule has 2 heterocycles. The van der Waals surface area contributed by atoms with E-state index in [1.807, 2.05) is 30.3 Å². The number of benzene rings is 10. The number of rotatable bonds is 2. The highest BCUT2D eigenvalue weighted by molar-refractivity contribution is 6.36. The largest absolute Gasteiger partial charge is 0.456 e. The Hall–Kier alpha value is -7.10. The molecule has 0 atom stereocenters. The van der Waals surface area contributed by atoms with Crippen LogP contribution < -0.4 is 0 Å². The lowest BCUT2D eigenvalue weighted by atomic mass is 9.89. The van der Waals surface area contributed by atoms with Crippen LogP contribution in [0.5, 0.6) is 0 Å². The van der Waals surface area contributed by atoms with E-state index in [4.69, 9.17) is 14.4 Å². The summed E-state index contributed by atoms with van der Waals surface area (Å²) in [5.74, 6) is 0. The summed E-state index contributed by atoms with van der Waals surface area (Å²) in [5, 5.41) is 17.0. The van der Waals surface area contributed by atoms with Crippen LogP contribution >= 0.6 is 0 Å². The number of furan rings is 1. The molecule has 0 aliphatic heterocycles. The molecular formula is C50H28N2O. The fourth-order valence-corrected chi connectivity index (χ4v) is 8.85. The van der Waals surface area contributed by atoms with Crippen LogP contribution in [0.15, 0.2) is 174 Å². The Morgan fingerprint density at radius 3 is 1.43 bits per heavy atom. The average Bonchev–Trinajstić information content (AvgIpc) is 3.60. The molecule has 0 bridgehead atoms. The van der Waals surface area contributed by atoms with Crippen LogP contribution in [0.4, 0.5) is 0 Å². The molecule has 3 heteroatoms. The van der Waals surface area contributed by atoms with Gasteiger partial charge in [-0.05, 0) is 102 Å². The minimum atomic E-state index is 0.879. The molecule has 0 aliphatic carbocycles. The zero-order chi connectivity index (χ0) is 34.6. The van der Waals surface area contributed by atoms with Gasteiger partial charge in [0.05, 0.1) is 22.4 Å². The van der Waals surface area contributed by atoms with Crippen LogP contribution in [-0.4, -0.2) is 9.97 Å². The molecule has 12 aromatic rings. The smallest absolute Gasteiger partial charge is 0.136 e. The van der Waals surface area contributed by atoms with E-state index in [0.29, 0.717) is 0 Å². The van der Waals surface area contributed by atoms with Crippen molar-refractivity contribution in [3.8, 4) is 22.5 Å². The van der Waals surface area contributed by atoms with Gasteiger partial charge >= 0.3 is 0 Å². The van der Waals surface area contributed by atoms with Crippen LogP contribution in [-0.2, 0) is 0 Å². The van der Waals surface area contributed by atoms with Gasteiger partial charge in [0.1, 0.15) is 11.2 Å². The van der Waals surface area contributed by atoms with E-state index in [0.717, 1.165) is 55.5 Å². The minimum Gasteiger partial charge on any atom is -0.456 e. The molecule has 2 aromatic heterocycles. The zero-order valence-corrected chi connectivity index (χ0v) is 28.5. The number of fused-ring (bicyclic) bond motifs is 17. The fourth-order valence-electron chi connectivity index (χ4n) is 8.85. The summed E-state index contributed by atoms with van der Waals surface area (Å²) in [7, 11) is 0. The first kappa shape index (κ1) is 28.6. The van der Waals surface area contributed by atoms with Gasteiger partial charge in [0.25, 0.3) is 0 Å². The zero-order valence-electron chi connectivity index (χ0n) is 28.5. The molecule has 0 saturated carbocycles. The first-order chi connectivity index (χ1) is 26.3. The fraction of sp³-hybridized carbons (Fsp3) is 0. The van der Waals surface area contributed by atoms with Gasteiger partial charge in [-0.2, -0.15) is 0 Å². The predicted molar refractivity (Wildman–Crippen MR) is 223 cm³/mol. The van der Waals surface area contributed by atoms with Gasteiger partial charge < -0.3 is 4.42 Å². The van der Waals surface area contributed by atoms with E-state index >= 15 is 0 Å². The lowest BCUT2D eigenvalue weighted by Gasteiger charge is -2.14. The number of aromatic nitrogens is 2. The second-order valence-corrected chi connectivity index (χ2v) is 14.0. The third-order valence-corrected chi connectivity index (χ3v) is 11.2. The van der Waals surface area contributed by atoms with Crippen molar-refractivity contribution in [2.75, 3.05) is 0 Å². The van der Waals surface area contributed by atoms with E-state index in [-0.39, 0.29) is 0 Å². The molecule has 53 heavy (non-hydrogen) atoms. The Bertz CT molecular complexity index is 3490. The topological polar surface area (TPSA) is 38.9 Å². The molecule has 0 unspecified atom stereocenters. The second kappa shape index (κ2) is 10.7. The van der Waals surface area contributed by atoms with E-state index in [1.165, 1.54) is 64.6 Å². The molecule has 12 rings (SSSR count). The molecule has 0 amide bonds. The maximum atomic E-state index is 6.74. The second-order valence-electron chi connectivity index (χ2n) is 14.0.